The maximum atomic E-state index is 13.7. The van der Waals surface area contributed by atoms with E-state index in [1.807, 2.05) is 0 Å². The van der Waals surface area contributed by atoms with Crippen molar-refractivity contribution in [3.8, 4) is 0 Å². The molecule has 0 saturated carbocycles. The van der Waals surface area contributed by atoms with Crippen molar-refractivity contribution in [2.45, 2.75) is 41.8 Å². The summed E-state index contributed by atoms with van der Waals surface area (Å²) in [6.45, 7) is 4.30. The van der Waals surface area contributed by atoms with Gasteiger partial charge in [0.05, 0.1) is 11.1 Å². The summed E-state index contributed by atoms with van der Waals surface area (Å²) in [6, 6.07) is 3.68. The van der Waals surface area contributed by atoms with Crippen LogP contribution in [0, 0.1) is 17.6 Å². The fourth-order valence-electron chi connectivity index (χ4n) is 3.84. The van der Waals surface area contributed by atoms with Crippen LogP contribution in [0.1, 0.15) is 30.5 Å². The lowest BCUT2D eigenvalue weighted by molar-refractivity contribution is 0.0209. The third-order valence-corrected chi connectivity index (χ3v) is 6.20. The van der Waals surface area contributed by atoms with Gasteiger partial charge in [-0.3, -0.25) is 9.69 Å². The van der Waals surface area contributed by atoms with E-state index in [1.54, 1.807) is 0 Å². The predicted molar refractivity (Wildman–Crippen MR) is 92.0 cm³/mol. The van der Waals surface area contributed by atoms with Gasteiger partial charge in [0, 0.05) is 18.2 Å². The molecule has 5 rings (SSSR count). The van der Waals surface area contributed by atoms with E-state index >= 15 is 0 Å². The van der Waals surface area contributed by atoms with Crippen LogP contribution >= 0.6 is 11.8 Å². The van der Waals surface area contributed by atoms with Gasteiger partial charge in [0.2, 0.25) is 0 Å². The highest BCUT2D eigenvalue weighted by atomic mass is 32.2. The van der Waals surface area contributed by atoms with Gasteiger partial charge in [0.15, 0.2) is 5.09 Å². The lowest BCUT2D eigenvalue weighted by atomic mass is 9.79. The second kappa shape index (κ2) is 7.00. The number of benzene rings is 1. The molecule has 3 aliphatic heterocycles. The van der Waals surface area contributed by atoms with Gasteiger partial charge < -0.3 is 9.73 Å². The van der Waals surface area contributed by atoms with Gasteiger partial charge in [-0.05, 0) is 62.7 Å². The van der Waals surface area contributed by atoms with Crippen LogP contribution in [0.2, 0.25) is 0 Å². The van der Waals surface area contributed by atoms with Crippen molar-refractivity contribution in [2.24, 2.45) is 5.92 Å². The molecule has 0 unspecified atom stereocenters. The van der Waals surface area contributed by atoms with Gasteiger partial charge in [0.1, 0.15) is 11.6 Å². The van der Waals surface area contributed by atoms with Crippen molar-refractivity contribution in [3.63, 3.8) is 0 Å². The van der Waals surface area contributed by atoms with Gasteiger partial charge in [-0.25, -0.2) is 13.8 Å². The molecule has 1 N–H and O–H groups in total. The number of oxazole rings is 1. The van der Waals surface area contributed by atoms with Crippen molar-refractivity contribution in [1.82, 2.24) is 15.2 Å². The Labute approximate surface area is 154 Å². The molecule has 0 spiro atoms. The SMILES string of the molecule is C[C@H]1[C@H](NC(=O)c2ncc(Sc3ccc(F)cc3F)o2)C2CCN1CC2. The molecule has 0 aliphatic carbocycles. The standard InChI is InChI=1S/C18H19F2N3O2S/c1-10-16(11-4-6-23(10)7-5-11)22-17(24)18-21-9-15(25-18)26-14-3-2-12(19)8-13(14)20/h2-3,8-11,16H,4-7H2,1H3,(H,22,24)/t10-,16-/m0/s1. The molecule has 2 aromatic rings. The number of rotatable bonds is 4. The number of nitrogens with zero attached hydrogens (tertiary/aromatic N) is 2. The smallest absolute Gasteiger partial charge is 0.307 e. The average Bonchev–Trinajstić information content (AvgIpc) is 3.09. The van der Waals surface area contributed by atoms with E-state index < -0.39 is 11.6 Å². The molecular formula is C18H19F2N3O2S. The Morgan fingerprint density at radius 3 is 2.81 bits per heavy atom. The highest BCUT2D eigenvalue weighted by molar-refractivity contribution is 7.99. The number of amides is 1. The summed E-state index contributed by atoms with van der Waals surface area (Å²) in [5.41, 5.74) is 0. The number of aromatic nitrogens is 1. The Balaban J connectivity index is 1.43. The van der Waals surface area contributed by atoms with Gasteiger partial charge >= 0.3 is 5.91 Å². The number of hydrogen-bond donors (Lipinski definition) is 1. The van der Waals surface area contributed by atoms with Crippen LogP contribution in [-0.2, 0) is 0 Å². The Morgan fingerprint density at radius 2 is 2.12 bits per heavy atom. The Hall–Kier alpha value is -1.93. The van der Waals surface area contributed by atoms with E-state index in [0.29, 0.717) is 12.0 Å². The molecule has 2 bridgehead atoms. The number of hydrogen-bond acceptors (Lipinski definition) is 5. The summed E-state index contributed by atoms with van der Waals surface area (Å²) < 4.78 is 32.2. The highest BCUT2D eigenvalue weighted by Crippen LogP contribution is 2.33. The minimum Gasteiger partial charge on any atom is -0.425 e. The molecule has 3 saturated heterocycles. The zero-order valence-corrected chi connectivity index (χ0v) is 15.1. The monoisotopic (exact) mass is 379 g/mol. The number of carbonyl (C=O) groups excluding carboxylic acids is 1. The highest BCUT2D eigenvalue weighted by Gasteiger charge is 2.40. The van der Waals surface area contributed by atoms with Crippen LogP contribution in [-0.4, -0.2) is 41.0 Å². The molecule has 5 nitrogen and oxygen atoms in total. The third kappa shape index (κ3) is 3.35. The minimum absolute atomic E-state index is 0.0429. The molecule has 1 aromatic heterocycles. The van der Waals surface area contributed by atoms with E-state index in [9.17, 15) is 13.6 Å². The molecule has 2 atom stereocenters. The average molecular weight is 379 g/mol. The normalized spacial score (nSPS) is 27.5. The van der Waals surface area contributed by atoms with E-state index in [4.69, 9.17) is 4.42 Å². The lowest BCUT2D eigenvalue weighted by Crippen LogP contribution is -2.62. The summed E-state index contributed by atoms with van der Waals surface area (Å²) in [5.74, 6) is -1.24. The Bertz CT molecular complexity index is 819. The summed E-state index contributed by atoms with van der Waals surface area (Å²) in [4.78, 5) is 19.1. The molecule has 8 heteroatoms. The van der Waals surface area contributed by atoms with Crippen molar-refractivity contribution in [2.75, 3.05) is 13.1 Å². The lowest BCUT2D eigenvalue weighted by Gasteiger charge is -2.49. The van der Waals surface area contributed by atoms with Crippen molar-refractivity contribution >= 4 is 17.7 Å². The Kier molecular flexibility index (Phi) is 4.71. The fourth-order valence-corrected chi connectivity index (χ4v) is 4.57. The topological polar surface area (TPSA) is 58.4 Å². The zero-order chi connectivity index (χ0) is 18.3. The minimum atomic E-state index is -0.682. The molecule has 0 radical (unpaired) electrons. The van der Waals surface area contributed by atoms with Crippen LogP contribution in [0.3, 0.4) is 0 Å². The summed E-state index contributed by atoms with van der Waals surface area (Å²) in [6.07, 6.45) is 3.56. The zero-order valence-electron chi connectivity index (χ0n) is 14.2. The van der Waals surface area contributed by atoms with E-state index in [2.05, 4.69) is 22.1 Å². The molecule has 1 aromatic carbocycles. The first-order chi connectivity index (χ1) is 12.5. The Morgan fingerprint density at radius 1 is 1.35 bits per heavy atom. The van der Waals surface area contributed by atoms with E-state index in [0.717, 1.165) is 43.8 Å². The second-order valence-corrected chi connectivity index (χ2v) is 7.82. The van der Waals surface area contributed by atoms with Crippen molar-refractivity contribution < 1.29 is 18.0 Å². The van der Waals surface area contributed by atoms with Crippen LogP contribution < -0.4 is 5.32 Å². The van der Waals surface area contributed by atoms with Gasteiger partial charge in [-0.15, -0.1) is 0 Å². The predicted octanol–water partition coefficient (Wildman–Crippen LogP) is 3.32. The van der Waals surface area contributed by atoms with Crippen LogP contribution in [0.15, 0.2) is 38.8 Å². The van der Waals surface area contributed by atoms with Crippen LogP contribution in [0.25, 0.3) is 0 Å². The number of carbonyl (C=O) groups is 1. The first kappa shape index (κ1) is 17.5. The molecule has 138 valence electrons. The molecule has 26 heavy (non-hydrogen) atoms. The molecule has 3 aliphatic rings. The summed E-state index contributed by atoms with van der Waals surface area (Å²) in [5, 5.41) is 3.32. The molecule has 4 heterocycles. The van der Waals surface area contributed by atoms with Crippen molar-refractivity contribution in [3.05, 3.63) is 41.9 Å². The number of piperidine rings is 3. The summed E-state index contributed by atoms with van der Waals surface area (Å²) >= 11 is 0.961. The first-order valence-electron chi connectivity index (χ1n) is 8.65. The first-order valence-corrected chi connectivity index (χ1v) is 9.46. The maximum Gasteiger partial charge on any atom is 0.307 e. The van der Waals surface area contributed by atoms with Gasteiger partial charge in [-0.1, -0.05) is 0 Å². The van der Waals surface area contributed by atoms with E-state index in [1.165, 1.54) is 18.3 Å². The quantitative estimate of drug-likeness (QED) is 0.883. The number of fused-ring (bicyclic) bond motifs is 3. The largest absolute Gasteiger partial charge is 0.425 e. The van der Waals surface area contributed by atoms with Crippen LogP contribution in [0.4, 0.5) is 8.78 Å². The number of halogens is 2. The fraction of sp³-hybridized carbons (Fsp3) is 0.444. The van der Waals surface area contributed by atoms with Gasteiger partial charge in [-0.2, -0.15) is 0 Å². The maximum absolute atomic E-state index is 13.7. The molecule has 1 amide bonds. The third-order valence-electron chi connectivity index (χ3n) is 5.26. The van der Waals surface area contributed by atoms with E-state index in [-0.39, 0.29) is 27.8 Å². The molecular weight excluding hydrogens is 360 g/mol. The van der Waals surface area contributed by atoms with Gasteiger partial charge in [0.25, 0.3) is 5.89 Å². The molecule has 3 fully saturated rings. The number of nitrogens with one attached hydrogen (secondary N) is 1. The van der Waals surface area contributed by atoms with Crippen LogP contribution in [0.5, 0.6) is 0 Å². The summed E-state index contributed by atoms with van der Waals surface area (Å²) in [7, 11) is 0. The van der Waals surface area contributed by atoms with Crippen molar-refractivity contribution in [1.29, 1.82) is 0 Å². The second-order valence-electron chi connectivity index (χ2n) is 6.77.